The predicted octanol–water partition coefficient (Wildman–Crippen LogP) is 7.63. The zero-order valence-corrected chi connectivity index (χ0v) is 25.8. The maximum Gasteiger partial charge on any atom is 0.264 e. The van der Waals surface area contributed by atoms with Gasteiger partial charge in [-0.15, -0.1) is 11.3 Å². The highest BCUT2D eigenvalue weighted by atomic mass is 32.1. The van der Waals surface area contributed by atoms with Gasteiger partial charge in [-0.2, -0.15) is 0 Å². The molecule has 1 saturated heterocycles. The van der Waals surface area contributed by atoms with Crippen molar-refractivity contribution in [1.29, 1.82) is 0 Å². The first kappa shape index (κ1) is 28.9. The standard InChI is InChI=1S/C35H38F2N6S/c1-4-42-12-9-25(10-13-42)23-5-7-24(8-6-23)26-15-28-22(3)43(19-31(28)30(16-26)34(36)37)33(21(2)41-35-39-11-14-44-35)32-29-17-27(29)18-38-20-40-32/h5-8,11,14-16,20,25,27,33-34H,2-4,9-10,12-13,17-19H2,1H3,(H,38,40)(H,39,41). The summed E-state index contributed by atoms with van der Waals surface area (Å²) in [5.41, 5.74) is 8.23. The molecule has 2 atom stereocenters. The van der Waals surface area contributed by atoms with Gasteiger partial charge in [-0.25, -0.2) is 13.8 Å². The van der Waals surface area contributed by atoms with Crippen LogP contribution in [0.5, 0.6) is 0 Å². The maximum absolute atomic E-state index is 14.7. The molecule has 1 saturated carbocycles. The van der Waals surface area contributed by atoms with E-state index in [-0.39, 0.29) is 11.6 Å². The first-order valence-electron chi connectivity index (χ1n) is 15.5. The number of aliphatic imine (C=N–C) groups is 1. The molecule has 4 heterocycles. The third kappa shape index (κ3) is 5.48. The average Bonchev–Trinajstić information content (AvgIpc) is 3.55. The molecule has 0 bridgehead atoms. The van der Waals surface area contributed by atoms with Crippen molar-refractivity contribution in [2.45, 2.75) is 51.1 Å². The van der Waals surface area contributed by atoms with Crippen molar-refractivity contribution in [3.63, 3.8) is 0 Å². The number of fused-ring (bicyclic) bond motifs is 2. The number of benzene rings is 2. The SMILES string of the molecule is C=C(Nc1nccs1)C(C1=C2CC2CN=CN1)N1Cc2c(cc(-c3ccc(C4CCN(CC)CC4)cc3)cc2C(F)F)C1=C. The molecule has 44 heavy (non-hydrogen) atoms. The van der Waals surface area contributed by atoms with Crippen LogP contribution in [0.4, 0.5) is 13.9 Å². The summed E-state index contributed by atoms with van der Waals surface area (Å²) in [5.74, 6) is 0.943. The number of halogens is 2. The van der Waals surface area contributed by atoms with Crippen molar-refractivity contribution in [3.8, 4) is 11.1 Å². The van der Waals surface area contributed by atoms with Crippen LogP contribution in [0.25, 0.3) is 16.8 Å². The molecule has 7 rings (SSSR count). The number of hydrogen-bond acceptors (Lipinski definition) is 7. The third-order valence-corrected chi connectivity index (χ3v) is 10.3. The molecule has 2 unspecified atom stereocenters. The molecule has 2 N–H and O–H groups in total. The molecule has 6 nitrogen and oxygen atoms in total. The van der Waals surface area contributed by atoms with Gasteiger partial charge in [0.25, 0.3) is 6.43 Å². The summed E-state index contributed by atoms with van der Waals surface area (Å²) in [6.07, 6.45) is 4.15. The van der Waals surface area contributed by atoms with E-state index in [1.54, 1.807) is 18.6 Å². The lowest BCUT2D eigenvalue weighted by atomic mass is 9.88. The highest BCUT2D eigenvalue weighted by Gasteiger charge is 2.42. The number of nitrogens with one attached hydrogen (secondary N) is 2. The summed E-state index contributed by atoms with van der Waals surface area (Å²) in [6, 6.07) is 11.9. The molecular weight excluding hydrogens is 574 g/mol. The van der Waals surface area contributed by atoms with Crippen LogP contribution in [-0.4, -0.2) is 53.3 Å². The molecule has 3 aromatic rings. The second-order valence-electron chi connectivity index (χ2n) is 12.2. The number of anilines is 1. The van der Waals surface area contributed by atoms with E-state index in [0.717, 1.165) is 73.0 Å². The molecular formula is C35H38F2N6S. The van der Waals surface area contributed by atoms with Gasteiger partial charge in [0.05, 0.1) is 6.34 Å². The van der Waals surface area contributed by atoms with E-state index in [1.165, 1.54) is 22.5 Å². The molecule has 4 aliphatic rings. The smallest absolute Gasteiger partial charge is 0.264 e. The Kier molecular flexibility index (Phi) is 7.84. The number of aromatic nitrogens is 1. The predicted molar refractivity (Wildman–Crippen MR) is 176 cm³/mol. The van der Waals surface area contributed by atoms with Gasteiger partial charge in [-0.3, -0.25) is 4.99 Å². The molecule has 228 valence electrons. The summed E-state index contributed by atoms with van der Waals surface area (Å²) in [4.78, 5) is 13.5. The van der Waals surface area contributed by atoms with Crippen LogP contribution in [0.15, 0.2) is 83.1 Å². The Bertz CT molecular complexity index is 1620. The zero-order chi connectivity index (χ0) is 30.4. The number of thiazole rings is 1. The van der Waals surface area contributed by atoms with E-state index in [2.05, 4.69) is 74.8 Å². The van der Waals surface area contributed by atoms with Gasteiger partial charge in [0.2, 0.25) is 0 Å². The van der Waals surface area contributed by atoms with Crippen LogP contribution in [-0.2, 0) is 6.54 Å². The lowest BCUT2D eigenvalue weighted by Gasteiger charge is -2.34. The quantitative estimate of drug-likeness (QED) is 0.260. The Morgan fingerprint density at radius 3 is 2.64 bits per heavy atom. The molecule has 3 aliphatic heterocycles. The molecule has 1 aromatic heterocycles. The van der Waals surface area contributed by atoms with Gasteiger partial charge in [0.15, 0.2) is 5.13 Å². The Morgan fingerprint density at radius 2 is 1.93 bits per heavy atom. The van der Waals surface area contributed by atoms with Crippen LogP contribution in [0.1, 0.15) is 60.8 Å². The lowest BCUT2D eigenvalue weighted by Crippen LogP contribution is -2.40. The number of rotatable bonds is 9. The van der Waals surface area contributed by atoms with Crippen LogP contribution in [0, 0.1) is 5.92 Å². The average molecular weight is 613 g/mol. The summed E-state index contributed by atoms with van der Waals surface area (Å²) >= 11 is 1.49. The summed E-state index contributed by atoms with van der Waals surface area (Å²) in [6.45, 7) is 15.5. The first-order chi connectivity index (χ1) is 21.4. The number of nitrogens with zero attached hydrogens (tertiary/aromatic N) is 4. The van der Waals surface area contributed by atoms with Crippen LogP contribution in [0.2, 0.25) is 0 Å². The number of piperidine rings is 1. The van der Waals surface area contributed by atoms with Crippen LogP contribution >= 0.6 is 11.3 Å². The minimum Gasteiger partial charge on any atom is -0.353 e. The fourth-order valence-electron chi connectivity index (χ4n) is 7.05. The first-order valence-corrected chi connectivity index (χ1v) is 16.4. The zero-order valence-electron chi connectivity index (χ0n) is 25.0. The molecule has 0 amide bonds. The van der Waals surface area contributed by atoms with Crippen molar-refractivity contribution in [2.24, 2.45) is 10.9 Å². The minimum absolute atomic E-state index is 0.0618. The lowest BCUT2D eigenvalue weighted by molar-refractivity contribution is 0.149. The molecule has 1 aliphatic carbocycles. The van der Waals surface area contributed by atoms with Gasteiger partial charge in [0.1, 0.15) is 6.04 Å². The Morgan fingerprint density at radius 1 is 1.14 bits per heavy atom. The van der Waals surface area contributed by atoms with Gasteiger partial charge < -0.3 is 20.4 Å². The van der Waals surface area contributed by atoms with Crippen molar-refractivity contribution in [1.82, 2.24) is 20.1 Å². The normalized spacial score (nSPS) is 20.8. The highest BCUT2D eigenvalue weighted by molar-refractivity contribution is 7.13. The highest BCUT2D eigenvalue weighted by Crippen LogP contribution is 2.47. The van der Waals surface area contributed by atoms with E-state index in [0.29, 0.717) is 35.3 Å². The fourth-order valence-corrected chi connectivity index (χ4v) is 7.61. The van der Waals surface area contributed by atoms with Crippen molar-refractivity contribution >= 4 is 28.5 Å². The second-order valence-corrected chi connectivity index (χ2v) is 13.1. The minimum atomic E-state index is -2.60. The number of hydrogen-bond donors (Lipinski definition) is 2. The van der Waals surface area contributed by atoms with Gasteiger partial charge in [-0.05, 0) is 84.8 Å². The fraction of sp³-hybridized carbons (Fsp3) is 0.371. The largest absolute Gasteiger partial charge is 0.353 e. The van der Waals surface area contributed by atoms with Crippen molar-refractivity contribution < 1.29 is 8.78 Å². The Labute approximate surface area is 261 Å². The van der Waals surface area contributed by atoms with E-state index >= 15 is 0 Å². The monoisotopic (exact) mass is 612 g/mol. The molecule has 0 radical (unpaired) electrons. The third-order valence-electron chi connectivity index (χ3n) is 9.65. The Hall–Kier alpha value is -3.82. The number of likely N-dealkylation sites (tertiary alicyclic amines) is 1. The molecule has 0 spiro atoms. The summed E-state index contributed by atoms with van der Waals surface area (Å²) in [5, 5.41) is 9.42. The molecule has 9 heteroatoms. The van der Waals surface area contributed by atoms with E-state index < -0.39 is 6.43 Å². The Balaban J connectivity index is 1.20. The van der Waals surface area contributed by atoms with Crippen molar-refractivity contribution in [3.05, 3.63) is 100 Å². The molecule has 2 fully saturated rings. The van der Waals surface area contributed by atoms with E-state index in [1.807, 2.05) is 11.4 Å². The summed E-state index contributed by atoms with van der Waals surface area (Å²) in [7, 11) is 0. The second kappa shape index (κ2) is 11.9. The maximum atomic E-state index is 14.7. The number of alkyl halides is 2. The van der Waals surface area contributed by atoms with Gasteiger partial charge in [-0.1, -0.05) is 44.3 Å². The van der Waals surface area contributed by atoms with Crippen molar-refractivity contribution in [2.75, 3.05) is 31.5 Å². The van der Waals surface area contributed by atoms with Crippen LogP contribution < -0.4 is 10.6 Å². The van der Waals surface area contributed by atoms with Gasteiger partial charge >= 0.3 is 0 Å². The topological polar surface area (TPSA) is 55.8 Å². The summed E-state index contributed by atoms with van der Waals surface area (Å²) < 4.78 is 29.4. The molecule has 2 aromatic carbocycles. The van der Waals surface area contributed by atoms with E-state index in [9.17, 15) is 8.78 Å². The van der Waals surface area contributed by atoms with Gasteiger partial charge in [0, 0.05) is 58.8 Å². The van der Waals surface area contributed by atoms with Crippen LogP contribution in [0.3, 0.4) is 0 Å². The van der Waals surface area contributed by atoms with E-state index in [4.69, 9.17) is 0 Å².